The molecule has 1 spiro atoms. The minimum absolute atomic E-state index is 0.101. The number of hydrogen-bond donors (Lipinski definition) is 0. The van der Waals surface area contributed by atoms with Gasteiger partial charge in [-0.05, 0) is 31.6 Å². The van der Waals surface area contributed by atoms with Crippen molar-refractivity contribution in [2.75, 3.05) is 45.2 Å². The molecule has 0 radical (unpaired) electrons. The number of hydrogen-bond acceptors (Lipinski definition) is 6. The maximum atomic E-state index is 5.58. The van der Waals surface area contributed by atoms with Crippen molar-refractivity contribution < 1.29 is 4.42 Å². The second-order valence-electron chi connectivity index (χ2n) is 7.56. The summed E-state index contributed by atoms with van der Waals surface area (Å²) in [5.41, 5.74) is 2.63. The molecule has 0 bridgehead atoms. The molecule has 0 aromatic carbocycles. The number of aromatic nitrogens is 2. The van der Waals surface area contributed by atoms with Crippen molar-refractivity contribution in [1.82, 2.24) is 19.8 Å². The zero-order valence-corrected chi connectivity index (χ0v) is 15.4. The second-order valence-corrected chi connectivity index (χ2v) is 7.56. The molecule has 1 atom stereocenters. The molecule has 0 amide bonds. The van der Waals surface area contributed by atoms with Crippen LogP contribution in [-0.4, -0.2) is 60.0 Å². The molecule has 0 saturated carbocycles. The lowest BCUT2D eigenvalue weighted by Gasteiger charge is -2.41. The highest BCUT2D eigenvalue weighted by Crippen LogP contribution is 2.40. The fraction of sp³-hybridized carbons (Fsp3) is 0.579. The van der Waals surface area contributed by atoms with Crippen molar-refractivity contribution >= 4 is 5.95 Å². The van der Waals surface area contributed by atoms with Crippen molar-refractivity contribution in [3.63, 3.8) is 0 Å². The fourth-order valence-corrected chi connectivity index (χ4v) is 4.27. The molecule has 2 aromatic rings. The summed E-state index contributed by atoms with van der Waals surface area (Å²) in [4.78, 5) is 16.6. The highest BCUT2D eigenvalue weighted by atomic mass is 16.3. The topological polar surface area (TPSA) is 48.6 Å². The molecular formula is C19H27N5O. The van der Waals surface area contributed by atoms with Gasteiger partial charge < -0.3 is 14.2 Å². The van der Waals surface area contributed by atoms with Crippen LogP contribution in [0.15, 0.2) is 29.0 Å². The van der Waals surface area contributed by atoms with Crippen LogP contribution < -0.4 is 4.90 Å². The molecule has 0 aliphatic carbocycles. The lowest BCUT2D eigenvalue weighted by Crippen LogP contribution is -2.48. The summed E-state index contributed by atoms with van der Waals surface area (Å²) in [5.74, 6) is 1.84. The van der Waals surface area contributed by atoms with Crippen LogP contribution in [0.1, 0.15) is 30.4 Å². The first-order valence-electron chi connectivity index (χ1n) is 9.10. The Labute approximate surface area is 149 Å². The minimum atomic E-state index is 0.101. The first kappa shape index (κ1) is 16.5. The van der Waals surface area contributed by atoms with E-state index in [2.05, 4.69) is 27.8 Å². The third-order valence-electron chi connectivity index (χ3n) is 5.51. The molecule has 4 heterocycles. The Morgan fingerprint density at radius 2 is 2.12 bits per heavy atom. The summed E-state index contributed by atoms with van der Waals surface area (Å²) in [6, 6.07) is 4.02. The van der Waals surface area contributed by atoms with E-state index < -0.39 is 0 Å². The summed E-state index contributed by atoms with van der Waals surface area (Å²) in [6.45, 7) is 8.32. The van der Waals surface area contributed by atoms with E-state index in [-0.39, 0.29) is 5.41 Å². The lowest BCUT2D eigenvalue weighted by molar-refractivity contribution is 0.153. The molecule has 1 fully saturated rings. The fourth-order valence-electron chi connectivity index (χ4n) is 4.27. The number of rotatable bonds is 4. The first-order chi connectivity index (χ1) is 12.1. The molecule has 1 saturated heterocycles. The average molecular weight is 341 g/mol. The molecule has 6 heteroatoms. The van der Waals surface area contributed by atoms with E-state index in [0.29, 0.717) is 0 Å². The van der Waals surface area contributed by atoms with Gasteiger partial charge in [-0.2, -0.15) is 0 Å². The number of likely N-dealkylation sites (N-methyl/N-ethyl adjacent to an activating group) is 1. The monoisotopic (exact) mass is 341 g/mol. The Bertz CT molecular complexity index is 729. The van der Waals surface area contributed by atoms with Crippen molar-refractivity contribution in [3.8, 4) is 0 Å². The third-order valence-corrected chi connectivity index (χ3v) is 5.51. The molecule has 2 aliphatic rings. The van der Waals surface area contributed by atoms with Crippen LogP contribution in [0.25, 0.3) is 0 Å². The highest BCUT2D eigenvalue weighted by molar-refractivity contribution is 5.38. The predicted octanol–water partition coefficient (Wildman–Crippen LogP) is 2.11. The van der Waals surface area contributed by atoms with Gasteiger partial charge in [-0.3, -0.25) is 4.90 Å². The van der Waals surface area contributed by atoms with Crippen molar-refractivity contribution in [3.05, 3.63) is 41.6 Å². The summed E-state index contributed by atoms with van der Waals surface area (Å²) in [5, 5.41) is 0. The number of nitrogens with zero attached hydrogens (tertiary/aromatic N) is 5. The molecule has 25 heavy (non-hydrogen) atoms. The second kappa shape index (κ2) is 6.42. The Hall–Kier alpha value is -1.92. The molecule has 0 unspecified atom stereocenters. The van der Waals surface area contributed by atoms with Gasteiger partial charge in [-0.25, -0.2) is 9.97 Å². The quantitative estimate of drug-likeness (QED) is 0.849. The molecule has 2 aliphatic heterocycles. The Balaban J connectivity index is 1.69. The van der Waals surface area contributed by atoms with Crippen LogP contribution in [0.3, 0.4) is 0 Å². The summed E-state index contributed by atoms with van der Waals surface area (Å²) >= 11 is 0. The van der Waals surface area contributed by atoms with E-state index in [4.69, 9.17) is 9.40 Å². The SMILES string of the molecule is CCN1CC[C@]2(C1)CN(Cc1ccco1)Cc1cnc(N(C)C)nc12. The van der Waals surface area contributed by atoms with E-state index in [1.807, 2.05) is 31.3 Å². The van der Waals surface area contributed by atoms with E-state index in [1.54, 1.807) is 6.26 Å². The molecule has 2 aromatic heterocycles. The van der Waals surface area contributed by atoms with E-state index >= 15 is 0 Å². The average Bonchev–Trinajstić information content (AvgIpc) is 3.25. The summed E-state index contributed by atoms with van der Waals surface area (Å²) < 4.78 is 5.58. The van der Waals surface area contributed by atoms with Crippen LogP contribution in [0.4, 0.5) is 5.95 Å². The largest absolute Gasteiger partial charge is 0.468 e. The van der Waals surface area contributed by atoms with Gasteiger partial charge in [0.2, 0.25) is 5.95 Å². The van der Waals surface area contributed by atoms with Crippen LogP contribution in [0.2, 0.25) is 0 Å². The Morgan fingerprint density at radius 1 is 1.28 bits per heavy atom. The summed E-state index contributed by atoms with van der Waals surface area (Å²) in [6.07, 6.45) is 4.94. The first-order valence-corrected chi connectivity index (χ1v) is 9.10. The van der Waals surface area contributed by atoms with Crippen molar-refractivity contribution in [2.24, 2.45) is 0 Å². The van der Waals surface area contributed by atoms with E-state index in [9.17, 15) is 0 Å². The van der Waals surface area contributed by atoms with Crippen LogP contribution >= 0.6 is 0 Å². The predicted molar refractivity (Wildman–Crippen MR) is 97.6 cm³/mol. The Morgan fingerprint density at radius 3 is 2.80 bits per heavy atom. The maximum Gasteiger partial charge on any atom is 0.225 e. The van der Waals surface area contributed by atoms with E-state index in [1.165, 1.54) is 11.3 Å². The Kier molecular flexibility index (Phi) is 4.25. The van der Waals surface area contributed by atoms with Gasteiger partial charge in [0, 0.05) is 50.9 Å². The highest BCUT2D eigenvalue weighted by Gasteiger charge is 2.46. The number of fused-ring (bicyclic) bond motifs is 2. The smallest absolute Gasteiger partial charge is 0.225 e. The number of anilines is 1. The van der Waals surface area contributed by atoms with Gasteiger partial charge in [0.25, 0.3) is 0 Å². The van der Waals surface area contributed by atoms with Gasteiger partial charge in [0.15, 0.2) is 0 Å². The van der Waals surface area contributed by atoms with Crippen LogP contribution in [0.5, 0.6) is 0 Å². The molecule has 4 rings (SSSR count). The minimum Gasteiger partial charge on any atom is -0.468 e. The standard InChI is InChI=1S/C19H27N5O/c1-4-23-8-7-19(13-23)14-24(12-16-6-5-9-25-16)11-15-10-20-18(22(2)3)21-17(15)19/h5-6,9-10H,4,7-8,11-14H2,1-3H3/t19-/m0/s1. The van der Waals surface area contributed by atoms with Gasteiger partial charge in [-0.15, -0.1) is 0 Å². The zero-order chi connectivity index (χ0) is 17.4. The lowest BCUT2D eigenvalue weighted by atomic mass is 9.78. The number of likely N-dealkylation sites (tertiary alicyclic amines) is 1. The maximum absolute atomic E-state index is 5.58. The van der Waals surface area contributed by atoms with Crippen LogP contribution in [0, 0.1) is 0 Å². The zero-order valence-electron chi connectivity index (χ0n) is 15.4. The van der Waals surface area contributed by atoms with Gasteiger partial charge in [-0.1, -0.05) is 6.92 Å². The molecular weight excluding hydrogens is 314 g/mol. The molecule has 0 N–H and O–H groups in total. The van der Waals surface area contributed by atoms with Crippen molar-refractivity contribution in [2.45, 2.75) is 31.8 Å². The molecule has 134 valence electrons. The van der Waals surface area contributed by atoms with E-state index in [0.717, 1.165) is 57.4 Å². The van der Waals surface area contributed by atoms with Gasteiger partial charge >= 0.3 is 0 Å². The van der Waals surface area contributed by atoms with Crippen molar-refractivity contribution in [1.29, 1.82) is 0 Å². The summed E-state index contributed by atoms with van der Waals surface area (Å²) in [7, 11) is 4.01. The third kappa shape index (κ3) is 3.04. The van der Waals surface area contributed by atoms with Crippen LogP contribution in [-0.2, 0) is 18.5 Å². The van der Waals surface area contributed by atoms with Gasteiger partial charge in [0.1, 0.15) is 5.76 Å². The normalized spacial score (nSPS) is 24.0. The van der Waals surface area contributed by atoms with Gasteiger partial charge in [0.05, 0.1) is 18.5 Å². The number of furan rings is 1. The molecule has 6 nitrogen and oxygen atoms in total.